The molecule has 0 saturated heterocycles. The minimum absolute atomic E-state index is 0.811. The Hall–Kier alpha value is -6.97. The minimum Gasteiger partial charge on any atom is -0.454 e. The molecule has 0 atom stereocenters. The normalized spacial score (nSPS) is 12.0. The molecule has 0 aliphatic carbocycles. The molecule has 55 heavy (non-hydrogen) atoms. The van der Waals surface area contributed by atoms with Crippen LogP contribution < -0.4 is 0 Å². The van der Waals surface area contributed by atoms with E-state index in [1.165, 1.54) is 61.1 Å². The van der Waals surface area contributed by atoms with E-state index in [1.54, 1.807) is 0 Å². The minimum atomic E-state index is 0.811. The van der Waals surface area contributed by atoms with Crippen molar-refractivity contribution in [1.29, 1.82) is 0 Å². The highest BCUT2D eigenvalue weighted by Crippen LogP contribution is 2.34. The number of nitrogens with one attached hydrogen (secondary N) is 1. The number of rotatable bonds is 9. The Balaban J connectivity index is 0.876. The molecule has 6 aromatic carbocycles. The molecule has 0 fully saturated rings. The van der Waals surface area contributed by atoms with Gasteiger partial charge in [-0.3, -0.25) is 4.98 Å². The lowest BCUT2D eigenvalue weighted by Gasteiger charge is -2.08. The van der Waals surface area contributed by atoms with E-state index in [-0.39, 0.29) is 0 Å². The number of aromatic nitrogens is 2. The molecule has 3 heterocycles. The summed E-state index contributed by atoms with van der Waals surface area (Å²) in [6, 6.07) is 52.1. The van der Waals surface area contributed by atoms with E-state index >= 15 is 0 Å². The molecule has 3 nitrogen and oxygen atoms in total. The maximum atomic E-state index is 6.00. The molecule has 0 unspecified atom stereocenters. The molecular weight excluding hydrogens is 669 g/mol. The van der Waals surface area contributed by atoms with Gasteiger partial charge in [0.25, 0.3) is 0 Å². The summed E-state index contributed by atoms with van der Waals surface area (Å²) in [7, 11) is 0. The molecule has 3 heteroatoms. The summed E-state index contributed by atoms with van der Waals surface area (Å²) >= 11 is 0. The van der Waals surface area contributed by atoms with Crippen LogP contribution in [0.25, 0.3) is 89.6 Å². The van der Waals surface area contributed by atoms with Crippen LogP contribution in [0.2, 0.25) is 0 Å². The fourth-order valence-electron chi connectivity index (χ4n) is 7.54. The number of benzene rings is 6. The van der Waals surface area contributed by atoms with Crippen LogP contribution in [0.3, 0.4) is 0 Å². The highest BCUT2D eigenvalue weighted by molar-refractivity contribution is 6.04. The molecule has 3 aromatic heterocycles. The van der Waals surface area contributed by atoms with E-state index in [0.717, 1.165) is 45.2 Å². The molecule has 0 saturated carbocycles. The first-order chi connectivity index (χ1) is 27.1. The number of fused-ring (bicyclic) bond motifs is 4. The van der Waals surface area contributed by atoms with Crippen molar-refractivity contribution >= 4 is 45.1 Å². The van der Waals surface area contributed by atoms with Crippen LogP contribution in [-0.4, -0.2) is 9.97 Å². The lowest BCUT2D eigenvalue weighted by Crippen LogP contribution is -1.85. The van der Waals surface area contributed by atoms with Gasteiger partial charge in [0.15, 0.2) is 5.58 Å². The first-order valence-corrected chi connectivity index (χ1v) is 18.9. The maximum absolute atomic E-state index is 6.00. The average Bonchev–Trinajstić information content (AvgIpc) is 3.77. The maximum Gasteiger partial charge on any atom is 0.153 e. The highest BCUT2D eigenvalue weighted by atomic mass is 16.3. The Morgan fingerprint density at radius 1 is 0.564 bits per heavy atom. The second-order valence-electron chi connectivity index (χ2n) is 14.1. The fourth-order valence-corrected chi connectivity index (χ4v) is 7.54. The second kappa shape index (κ2) is 14.8. The smallest absolute Gasteiger partial charge is 0.153 e. The number of hydrogen-bond acceptors (Lipinski definition) is 2. The van der Waals surface area contributed by atoms with Crippen LogP contribution in [0, 0.1) is 6.92 Å². The number of nitrogens with zero attached hydrogens (tertiary/aromatic N) is 1. The lowest BCUT2D eigenvalue weighted by atomic mass is 9.96. The topological polar surface area (TPSA) is 41.8 Å². The molecule has 1 N–H and O–H groups in total. The summed E-state index contributed by atoms with van der Waals surface area (Å²) in [4.78, 5) is 8.10. The molecule has 0 spiro atoms. The number of pyridine rings is 1. The van der Waals surface area contributed by atoms with E-state index in [1.807, 2.05) is 24.4 Å². The highest BCUT2D eigenvalue weighted by Gasteiger charge is 2.11. The number of furan rings is 1. The van der Waals surface area contributed by atoms with E-state index in [2.05, 4.69) is 188 Å². The SMILES string of the molecule is C/C=C\c1[nH]c2ccc(-c3cccc(-c4cccc(C/C=C\C=C\c5cccc(-c6cccc(-c7ccc8oc9cccnc9c8c7)c6)c5)c4)c3)cc2c1C. The zero-order valence-electron chi connectivity index (χ0n) is 31.0. The van der Waals surface area contributed by atoms with Gasteiger partial charge < -0.3 is 9.40 Å². The number of allylic oxidation sites excluding steroid dienone is 4. The molecule has 0 aliphatic heterocycles. The van der Waals surface area contributed by atoms with Gasteiger partial charge in [-0.1, -0.05) is 121 Å². The third-order valence-electron chi connectivity index (χ3n) is 10.4. The van der Waals surface area contributed by atoms with E-state index in [4.69, 9.17) is 4.42 Å². The fraction of sp³-hybridized carbons (Fsp3) is 0.0577. The first kappa shape index (κ1) is 33.8. The lowest BCUT2D eigenvalue weighted by molar-refractivity contribution is 0.668. The molecule has 0 bridgehead atoms. The molecule has 9 aromatic rings. The van der Waals surface area contributed by atoms with Crippen LogP contribution in [0.15, 0.2) is 181 Å². The first-order valence-electron chi connectivity index (χ1n) is 18.9. The van der Waals surface area contributed by atoms with Crippen molar-refractivity contribution < 1.29 is 4.42 Å². The monoisotopic (exact) mass is 708 g/mol. The van der Waals surface area contributed by atoms with Gasteiger partial charge in [0.1, 0.15) is 11.1 Å². The predicted molar refractivity (Wildman–Crippen MR) is 233 cm³/mol. The summed E-state index contributed by atoms with van der Waals surface area (Å²) < 4.78 is 6.00. The van der Waals surface area contributed by atoms with Gasteiger partial charge in [0, 0.05) is 28.2 Å². The van der Waals surface area contributed by atoms with Crippen LogP contribution in [-0.2, 0) is 6.42 Å². The molecule has 264 valence electrons. The third kappa shape index (κ3) is 6.96. The average molecular weight is 709 g/mol. The molecule has 0 radical (unpaired) electrons. The Kier molecular flexibility index (Phi) is 9.11. The zero-order valence-corrected chi connectivity index (χ0v) is 31.0. The molecule has 0 amide bonds. The van der Waals surface area contributed by atoms with Crippen molar-refractivity contribution in [3.63, 3.8) is 0 Å². The summed E-state index contributed by atoms with van der Waals surface area (Å²) in [5, 5.41) is 2.30. The Morgan fingerprint density at radius 2 is 1.20 bits per heavy atom. The molecular formula is C52H40N2O. The summed E-state index contributed by atoms with van der Waals surface area (Å²) in [6.45, 7) is 4.24. The summed E-state index contributed by atoms with van der Waals surface area (Å²) in [5.41, 5.74) is 18.2. The third-order valence-corrected chi connectivity index (χ3v) is 10.4. The summed E-state index contributed by atoms with van der Waals surface area (Å²) in [6.07, 6.45) is 15.6. The van der Waals surface area contributed by atoms with Gasteiger partial charge in [-0.05, 0) is 142 Å². The van der Waals surface area contributed by atoms with Crippen LogP contribution >= 0.6 is 0 Å². The van der Waals surface area contributed by atoms with Crippen LogP contribution in [0.1, 0.15) is 29.3 Å². The van der Waals surface area contributed by atoms with Gasteiger partial charge in [0.2, 0.25) is 0 Å². The van der Waals surface area contributed by atoms with Gasteiger partial charge in [-0.25, -0.2) is 0 Å². The van der Waals surface area contributed by atoms with Crippen molar-refractivity contribution in [2.75, 3.05) is 0 Å². The van der Waals surface area contributed by atoms with Gasteiger partial charge in [-0.2, -0.15) is 0 Å². The number of H-pyrrole nitrogens is 1. The quantitative estimate of drug-likeness (QED) is 0.152. The number of aryl methyl sites for hydroxylation is 1. The van der Waals surface area contributed by atoms with Crippen molar-refractivity contribution in [3.05, 3.63) is 198 Å². The van der Waals surface area contributed by atoms with Crippen molar-refractivity contribution in [3.8, 4) is 44.5 Å². The van der Waals surface area contributed by atoms with Crippen LogP contribution in [0.5, 0.6) is 0 Å². The second-order valence-corrected chi connectivity index (χ2v) is 14.1. The van der Waals surface area contributed by atoms with Crippen molar-refractivity contribution in [2.24, 2.45) is 0 Å². The van der Waals surface area contributed by atoms with E-state index in [9.17, 15) is 0 Å². The van der Waals surface area contributed by atoms with E-state index < -0.39 is 0 Å². The standard InChI is InChI=1S/C52H40N2O/c1-3-12-48-35(2)46-33-44(24-26-49(46)54-48)42-21-9-19-40(31-42)38-17-7-15-36(29-38)13-5-4-6-14-37-16-8-18-39(30-37)41-20-10-22-43(32-41)45-25-27-50-47(34-45)52-51(55-50)23-11-28-53-52/h3-12,14-34,54H,13H2,1-2H3/b5-4-,12-3-,14-6+. The summed E-state index contributed by atoms with van der Waals surface area (Å²) in [5.74, 6) is 0. The zero-order chi connectivity index (χ0) is 37.1. The number of aromatic amines is 1. The van der Waals surface area contributed by atoms with Gasteiger partial charge in [-0.15, -0.1) is 0 Å². The number of hydrogen-bond donors (Lipinski definition) is 1. The Labute approximate surface area is 321 Å². The van der Waals surface area contributed by atoms with Crippen LogP contribution in [0.4, 0.5) is 0 Å². The van der Waals surface area contributed by atoms with Crippen molar-refractivity contribution in [1.82, 2.24) is 9.97 Å². The Bertz CT molecular complexity index is 2930. The van der Waals surface area contributed by atoms with Gasteiger partial charge in [0.05, 0.1) is 0 Å². The van der Waals surface area contributed by atoms with Gasteiger partial charge >= 0.3 is 0 Å². The predicted octanol–water partition coefficient (Wildman–Crippen LogP) is 14.3. The molecule has 9 rings (SSSR count). The van der Waals surface area contributed by atoms with Crippen molar-refractivity contribution in [2.45, 2.75) is 20.3 Å². The van der Waals surface area contributed by atoms with E-state index in [0.29, 0.717) is 0 Å². The Morgan fingerprint density at radius 3 is 1.95 bits per heavy atom. The largest absolute Gasteiger partial charge is 0.454 e. The molecule has 0 aliphatic rings.